The number of pyridine rings is 1. The third-order valence-electron chi connectivity index (χ3n) is 3.80. The Bertz CT molecular complexity index is 770. The summed E-state index contributed by atoms with van der Waals surface area (Å²) < 4.78 is 5.33. The summed E-state index contributed by atoms with van der Waals surface area (Å²) >= 11 is 0. The second-order valence-electron chi connectivity index (χ2n) is 5.85. The maximum atomic E-state index is 5.33. The van der Waals surface area contributed by atoms with Crippen molar-refractivity contribution in [2.75, 3.05) is 5.32 Å². The van der Waals surface area contributed by atoms with Crippen molar-refractivity contribution in [3.05, 3.63) is 76.8 Å². The molecule has 2 aromatic heterocycles. The second kappa shape index (κ2) is 6.65. The quantitative estimate of drug-likeness (QED) is 0.767. The van der Waals surface area contributed by atoms with Gasteiger partial charge in [0, 0.05) is 17.1 Å². The third-order valence-corrected chi connectivity index (χ3v) is 3.80. The van der Waals surface area contributed by atoms with Gasteiger partial charge in [-0.15, -0.1) is 0 Å². The van der Waals surface area contributed by atoms with Gasteiger partial charge in [0.2, 0.25) is 0 Å². The molecule has 0 atom stereocenters. The zero-order valence-electron chi connectivity index (χ0n) is 13.8. The molecule has 23 heavy (non-hydrogen) atoms. The number of aromatic nitrogens is 2. The predicted octanol–water partition coefficient (Wildman–Crippen LogP) is 4.20. The normalized spacial score (nSPS) is 10.7. The molecule has 0 saturated carbocycles. The molecular weight excluding hydrogens is 286 g/mol. The van der Waals surface area contributed by atoms with Crippen LogP contribution in [0.5, 0.6) is 0 Å². The molecule has 1 N–H and O–H groups in total. The zero-order valence-corrected chi connectivity index (χ0v) is 13.8. The first-order valence-electron chi connectivity index (χ1n) is 7.76. The van der Waals surface area contributed by atoms with E-state index in [1.54, 1.807) is 0 Å². The Morgan fingerprint density at radius 2 is 1.65 bits per heavy atom. The van der Waals surface area contributed by atoms with Gasteiger partial charge < -0.3 is 9.73 Å². The van der Waals surface area contributed by atoms with E-state index in [2.05, 4.69) is 51.7 Å². The van der Waals surface area contributed by atoms with E-state index >= 15 is 0 Å². The van der Waals surface area contributed by atoms with Crippen LogP contribution in [0.1, 0.15) is 34.0 Å². The molecule has 3 rings (SSSR count). The maximum Gasteiger partial charge on any atom is 0.181 e. The number of hydrogen-bond acceptors (Lipinski definition) is 4. The van der Waals surface area contributed by atoms with Crippen LogP contribution >= 0.6 is 0 Å². The predicted molar refractivity (Wildman–Crippen MR) is 91.5 cm³/mol. The molecule has 0 aliphatic carbocycles. The van der Waals surface area contributed by atoms with E-state index in [1.165, 1.54) is 17.5 Å². The minimum atomic E-state index is 0.647. The van der Waals surface area contributed by atoms with E-state index in [9.17, 15) is 0 Å². The molecule has 0 saturated heterocycles. The molecule has 0 amide bonds. The fourth-order valence-electron chi connectivity index (χ4n) is 2.68. The van der Waals surface area contributed by atoms with Crippen LogP contribution in [0.4, 0.5) is 5.69 Å². The Labute approximate surface area is 136 Å². The van der Waals surface area contributed by atoms with Crippen molar-refractivity contribution in [2.24, 2.45) is 0 Å². The van der Waals surface area contributed by atoms with Gasteiger partial charge >= 0.3 is 0 Å². The average Bonchev–Trinajstić information content (AvgIpc) is 2.91. The molecule has 0 aliphatic rings. The van der Waals surface area contributed by atoms with Crippen molar-refractivity contribution in [3.63, 3.8) is 0 Å². The molecule has 0 spiro atoms. The molecule has 0 fully saturated rings. The molecule has 118 valence electrons. The van der Waals surface area contributed by atoms with Gasteiger partial charge in [-0.2, -0.15) is 0 Å². The Balaban J connectivity index is 1.63. The monoisotopic (exact) mass is 307 g/mol. The van der Waals surface area contributed by atoms with Crippen molar-refractivity contribution in [2.45, 2.75) is 33.7 Å². The topological polar surface area (TPSA) is 51.0 Å². The van der Waals surface area contributed by atoms with E-state index < -0.39 is 0 Å². The highest BCUT2D eigenvalue weighted by atomic mass is 16.3. The lowest BCUT2D eigenvalue weighted by Gasteiger charge is -2.08. The molecule has 1 aromatic carbocycles. The standard InChI is InChI=1S/C19H21N3O/c1-13-8-17(9-14(2)22-13)10-16-4-6-18(7-5-16)20-11-19-15(3)21-12-23-19/h4-9,12,20H,10-11H2,1-3H3. The van der Waals surface area contributed by atoms with Gasteiger partial charge in [-0.1, -0.05) is 12.1 Å². The SMILES string of the molecule is Cc1cc(Cc2ccc(NCc3ocnc3C)cc2)cc(C)n1. The molecule has 2 heterocycles. The highest BCUT2D eigenvalue weighted by Crippen LogP contribution is 2.16. The minimum absolute atomic E-state index is 0.647. The lowest BCUT2D eigenvalue weighted by molar-refractivity contribution is 0.510. The molecule has 0 unspecified atom stereocenters. The average molecular weight is 307 g/mol. The van der Waals surface area contributed by atoms with Crippen molar-refractivity contribution >= 4 is 5.69 Å². The first-order chi connectivity index (χ1) is 11.1. The Kier molecular flexibility index (Phi) is 4.42. The van der Waals surface area contributed by atoms with Gasteiger partial charge in [0.25, 0.3) is 0 Å². The Morgan fingerprint density at radius 3 is 2.26 bits per heavy atom. The summed E-state index contributed by atoms with van der Waals surface area (Å²) in [5.41, 5.74) is 6.73. The van der Waals surface area contributed by atoms with Crippen LogP contribution < -0.4 is 5.32 Å². The number of rotatable bonds is 5. The largest absolute Gasteiger partial charge is 0.446 e. The summed E-state index contributed by atoms with van der Waals surface area (Å²) in [6, 6.07) is 12.8. The smallest absolute Gasteiger partial charge is 0.181 e. The van der Waals surface area contributed by atoms with Crippen LogP contribution in [0.3, 0.4) is 0 Å². The zero-order chi connectivity index (χ0) is 16.2. The van der Waals surface area contributed by atoms with Gasteiger partial charge in [0.1, 0.15) is 5.76 Å². The first kappa shape index (κ1) is 15.3. The number of nitrogens with zero attached hydrogens (tertiary/aromatic N) is 2. The molecule has 0 radical (unpaired) electrons. The summed E-state index contributed by atoms with van der Waals surface area (Å²) in [6.45, 7) is 6.67. The summed E-state index contributed by atoms with van der Waals surface area (Å²) in [7, 11) is 0. The summed E-state index contributed by atoms with van der Waals surface area (Å²) in [5, 5.41) is 3.35. The number of aryl methyl sites for hydroxylation is 3. The highest BCUT2D eigenvalue weighted by molar-refractivity contribution is 5.45. The molecule has 0 bridgehead atoms. The minimum Gasteiger partial charge on any atom is -0.446 e. The number of oxazole rings is 1. The van der Waals surface area contributed by atoms with Crippen LogP contribution in [0.2, 0.25) is 0 Å². The van der Waals surface area contributed by atoms with E-state index in [0.717, 1.165) is 35.0 Å². The van der Waals surface area contributed by atoms with Gasteiger partial charge in [0.15, 0.2) is 6.39 Å². The van der Waals surface area contributed by atoms with Gasteiger partial charge in [-0.25, -0.2) is 4.98 Å². The fraction of sp³-hybridized carbons (Fsp3) is 0.263. The summed E-state index contributed by atoms with van der Waals surface area (Å²) in [4.78, 5) is 8.51. The van der Waals surface area contributed by atoms with Crippen LogP contribution in [0.25, 0.3) is 0 Å². The number of anilines is 1. The fourth-order valence-corrected chi connectivity index (χ4v) is 2.68. The maximum absolute atomic E-state index is 5.33. The van der Waals surface area contributed by atoms with Crippen LogP contribution in [-0.2, 0) is 13.0 Å². The van der Waals surface area contributed by atoms with Crippen molar-refractivity contribution < 1.29 is 4.42 Å². The molecular formula is C19H21N3O. The molecule has 3 aromatic rings. The Morgan fingerprint density at radius 1 is 0.957 bits per heavy atom. The van der Waals surface area contributed by atoms with E-state index in [1.807, 2.05) is 20.8 Å². The number of hydrogen-bond donors (Lipinski definition) is 1. The molecule has 4 nitrogen and oxygen atoms in total. The van der Waals surface area contributed by atoms with Crippen LogP contribution in [-0.4, -0.2) is 9.97 Å². The lowest BCUT2D eigenvalue weighted by Crippen LogP contribution is -2.00. The van der Waals surface area contributed by atoms with Gasteiger partial charge in [0.05, 0.1) is 12.2 Å². The van der Waals surface area contributed by atoms with E-state index in [4.69, 9.17) is 4.42 Å². The second-order valence-corrected chi connectivity index (χ2v) is 5.85. The van der Waals surface area contributed by atoms with Crippen LogP contribution in [0, 0.1) is 20.8 Å². The van der Waals surface area contributed by atoms with E-state index in [-0.39, 0.29) is 0 Å². The molecule has 4 heteroatoms. The number of nitrogens with one attached hydrogen (secondary N) is 1. The van der Waals surface area contributed by atoms with Gasteiger partial charge in [-0.05, 0) is 62.6 Å². The third kappa shape index (κ3) is 3.97. The van der Waals surface area contributed by atoms with Crippen LogP contribution in [0.15, 0.2) is 47.2 Å². The number of benzene rings is 1. The van der Waals surface area contributed by atoms with Crippen molar-refractivity contribution in [3.8, 4) is 0 Å². The van der Waals surface area contributed by atoms with Crippen molar-refractivity contribution in [1.82, 2.24) is 9.97 Å². The van der Waals surface area contributed by atoms with Gasteiger partial charge in [-0.3, -0.25) is 4.98 Å². The summed E-state index contributed by atoms with van der Waals surface area (Å²) in [5.74, 6) is 0.872. The summed E-state index contributed by atoms with van der Waals surface area (Å²) in [6.07, 6.45) is 2.40. The Hall–Kier alpha value is -2.62. The highest BCUT2D eigenvalue weighted by Gasteiger charge is 2.03. The molecule has 0 aliphatic heterocycles. The lowest BCUT2D eigenvalue weighted by atomic mass is 10.0. The first-order valence-corrected chi connectivity index (χ1v) is 7.76. The van der Waals surface area contributed by atoms with E-state index in [0.29, 0.717) is 6.54 Å². The van der Waals surface area contributed by atoms with Crippen molar-refractivity contribution in [1.29, 1.82) is 0 Å².